The molecule has 0 aliphatic carbocycles. The Morgan fingerprint density at radius 2 is 1.02 bits per heavy atom. The smallest absolute Gasteiger partial charge is 0.137 e. The molecule has 258 valence electrons. The van der Waals surface area contributed by atoms with Gasteiger partial charge in [0, 0.05) is 38.6 Å². The summed E-state index contributed by atoms with van der Waals surface area (Å²) in [7, 11) is 0. The minimum Gasteiger partial charge on any atom is -0.456 e. The first-order chi connectivity index (χ1) is 27.3. The molecule has 9 aromatic carbocycles. The molecular formula is C52H34N2O. The predicted molar refractivity (Wildman–Crippen MR) is 231 cm³/mol. The first kappa shape index (κ1) is 31.2. The largest absolute Gasteiger partial charge is 0.456 e. The molecule has 3 heteroatoms. The van der Waals surface area contributed by atoms with E-state index in [1.165, 1.54) is 43.7 Å². The van der Waals surface area contributed by atoms with Crippen LogP contribution in [0, 0.1) is 0 Å². The van der Waals surface area contributed by atoms with Gasteiger partial charge >= 0.3 is 0 Å². The van der Waals surface area contributed by atoms with Gasteiger partial charge in [0.15, 0.2) is 0 Å². The summed E-state index contributed by atoms with van der Waals surface area (Å²) >= 11 is 0. The number of aromatic nitrogens is 1. The highest BCUT2D eigenvalue weighted by Crippen LogP contribution is 2.44. The number of para-hydroxylation sites is 3. The maximum atomic E-state index is 6.40. The van der Waals surface area contributed by atoms with Gasteiger partial charge in [-0.1, -0.05) is 140 Å². The van der Waals surface area contributed by atoms with Crippen LogP contribution in [0.1, 0.15) is 0 Å². The zero-order chi connectivity index (χ0) is 36.3. The summed E-state index contributed by atoms with van der Waals surface area (Å²) in [6.07, 6.45) is 0. The van der Waals surface area contributed by atoms with Crippen molar-refractivity contribution >= 4 is 71.6 Å². The highest BCUT2D eigenvalue weighted by Gasteiger charge is 2.21. The molecule has 2 aromatic heterocycles. The molecule has 11 rings (SSSR count). The Hall–Kier alpha value is -7.36. The molecule has 0 unspecified atom stereocenters. The number of hydrogen-bond acceptors (Lipinski definition) is 2. The molecule has 0 saturated heterocycles. The molecule has 0 spiro atoms. The Morgan fingerprint density at radius 1 is 0.382 bits per heavy atom. The maximum Gasteiger partial charge on any atom is 0.137 e. The number of benzene rings is 9. The second-order valence-corrected chi connectivity index (χ2v) is 14.1. The van der Waals surface area contributed by atoms with Crippen LogP contribution < -0.4 is 4.90 Å². The first-order valence-electron chi connectivity index (χ1n) is 18.8. The van der Waals surface area contributed by atoms with Gasteiger partial charge in [-0.25, -0.2) is 0 Å². The van der Waals surface area contributed by atoms with Crippen LogP contribution in [0.5, 0.6) is 0 Å². The van der Waals surface area contributed by atoms with Crippen LogP contribution in [0.2, 0.25) is 0 Å². The normalized spacial score (nSPS) is 11.6. The lowest BCUT2D eigenvalue weighted by Crippen LogP contribution is -2.10. The SMILES string of the molecule is c1ccc(-c2ccc(N(c3cccc(-c4ccc5ccc6c7ccccc7n(-c7ccccc7)c6c5c4)c3)c3cccc4oc5ccccc5c34)cc2)cc1. The van der Waals surface area contributed by atoms with E-state index >= 15 is 0 Å². The summed E-state index contributed by atoms with van der Waals surface area (Å²) in [6.45, 7) is 0. The second-order valence-electron chi connectivity index (χ2n) is 14.1. The number of hydrogen-bond donors (Lipinski definition) is 0. The molecule has 0 fully saturated rings. The van der Waals surface area contributed by atoms with Crippen LogP contribution >= 0.6 is 0 Å². The third-order valence-corrected chi connectivity index (χ3v) is 11.0. The Morgan fingerprint density at radius 3 is 1.87 bits per heavy atom. The number of furan rings is 1. The topological polar surface area (TPSA) is 21.3 Å². The predicted octanol–water partition coefficient (Wildman–Crippen LogP) is 14.6. The van der Waals surface area contributed by atoms with E-state index in [2.05, 4.69) is 204 Å². The van der Waals surface area contributed by atoms with Gasteiger partial charge in [-0.05, 0) is 94.4 Å². The Bertz CT molecular complexity index is 3190. The summed E-state index contributed by atoms with van der Waals surface area (Å²) in [5.41, 5.74) is 13.2. The number of nitrogens with zero attached hydrogens (tertiary/aromatic N) is 2. The monoisotopic (exact) mass is 702 g/mol. The van der Waals surface area contributed by atoms with Crippen molar-refractivity contribution in [1.29, 1.82) is 0 Å². The fraction of sp³-hybridized carbons (Fsp3) is 0. The van der Waals surface area contributed by atoms with E-state index in [0.29, 0.717) is 0 Å². The molecule has 0 aliphatic rings. The third-order valence-electron chi connectivity index (χ3n) is 11.0. The number of fused-ring (bicyclic) bond motifs is 8. The first-order valence-corrected chi connectivity index (χ1v) is 18.8. The fourth-order valence-electron chi connectivity index (χ4n) is 8.43. The summed E-state index contributed by atoms with van der Waals surface area (Å²) in [6, 6.07) is 73.9. The second kappa shape index (κ2) is 12.6. The van der Waals surface area contributed by atoms with Gasteiger partial charge in [0.05, 0.1) is 22.1 Å². The van der Waals surface area contributed by atoms with Crippen LogP contribution in [0.3, 0.4) is 0 Å². The highest BCUT2D eigenvalue weighted by atomic mass is 16.3. The van der Waals surface area contributed by atoms with E-state index < -0.39 is 0 Å². The van der Waals surface area contributed by atoms with E-state index in [1.807, 2.05) is 12.1 Å². The van der Waals surface area contributed by atoms with Crippen LogP contribution in [-0.4, -0.2) is 4.57 Å². The van der Waals surface area contributed by atoms with Crippen molar-refractivity contribution in [3.63, 3.8) is 0 Å². The van der Waals surface area contributed by atoms with Crippen molar-refractivity contribution in [1.82, 2.24) is 4.57 Å². The molecule has 0 radical (unpaired) electrons. The Kier molecular flexibility index (Phi) is 7.17. The molecule has 0 amide bonds. The van der Waals surface area contributed by atoms with Crippen LogP contribution in [0.15, 0.2) is 211 Å². The van der Waals surface area contributed by atoms with E-state index in [1.54, 1.807) is 0 Å². The quantitative estimate of drug-likeness (QED) is 0.172. The molecule has 11 aromatic rings. The summed E-state index contributed by atoms with van der Waals surface area (Å²) in [5, 5.41) is 7.14. The van der Waals surface area contributed by atoms with Gasteiger partial charge in [0.25, 0.3) is 0 Å². The Labute approximate surface area is 318 Å². The lowest BCUT2D eigenvalue weighted by molar-refractivity contribution is 0.669. The molecule has 0 saturated carbocycles. The molecule has 3 nitrogen and oxygen atoms in total. The van der Waals surface area contributed by atoms with Crippen LogP contribution in [0.4, 0.5) is 17.1 Å². The van der Waals surface area contributed by atoms with Gasteiger partial charge in [0.1, 0.15) is 11.2 Å². The number of anilines is 3. The zero-order valence-electron chi connectivity index (χ0n) is 29.9. The van der Waals surface area contributed by atoms with Gasteiger partial charge in [-0.2, -0.15) is 0 Å². The molecule has 55 heavy (non-hydrogen) atoms. The van der Waals surface area contributed by atoms with Crippen molar-refractivity contribution in [3.8, 4) is 27.9 Å². The molecule has 0 bridgehead atoms. The standard InChI is InChI=1S/C52H34N2O/c1-3-13-35(14-4-1)36-27-30-41(31-28-36)53(48-22-12-24-50-51(48)45-20-8-10-23-49(45)55-50)42-18-11-15-38(33-42)39-26-25-37-29-32-44-43-19-7-9-21-47(43)54(52(44)46(37)34-39)40-16-5-2-6-17-40/h1-34H. The molecule has 2 heterocycles. The number of rotatable bonds is 6. The minimum absolute atomic E-state index is 0.869. The van der Waals surface area contributed by atoms with Crippen molar-refractivity contribution < 1.29 is 4.42 Å². The van der Waals surface area contributed by atoms with Crippen molar-refractivity contribution in [2.24, 2.45) is 0 Å². The van der Waals surface area contributed by atoms with E-state index in [9.17, 15) is 0 Å². The average molecular weight is 703 g/mol. The summed E-state index contributed by atoms with van der Waals surface area (Å²) < 4.78 is 8.82. The summed E-state index contributed by atoms with van der Waals surface area (Å²) in [5.74, 6) is 0. The van der Waals surface area contributed by atoms with Crippen molar-refractivity contribution in [3.05, 3.63) is 206 Å². The van der Waals surface area contributed by atoms with E-state index in [0.717, 1.165) is 55.8 Å². The van der Waals surface area contributed by atoms with Gasteiger partial charge in [-0.15, -0.1) is 0 Å². The molecule has 0 aliphatic heterocycles. The van der Waals surface area contributed by atoms with Crippen LogP contribution in [0.25, 0.3) is 82.5 Å². The lowest BCUT2D eigenvalue weighted by atomic mass is 9.98. The van der Waals surface area contributed by atoms with Crippen molar-refractivity contribution in [2.75, 3.05) is 4.90 Å². The fourth-order valence-corrected chi connectivity index (χ4v) is 8.43. The van der Waals surface area contributed by atoms with E-state index in [4.69, 9.17) is 4.42 Å². The average Bonchev–Trinajstić information content (AvgIpc) is 3.81. The molecule has 0 N–H and O–H groups in total. The Balaban J connectivity index is 1.11. The summed E-state index contributed by atoms with van der Waals surface area (Å²) in [4.78, 5) is 2.37. The maximum absolute atomic E-state index is 6.40. The highest BCUT2D eigenvalue weighted by molar-refractivity contribution is 6.19. The minimum atomic E-state index is 0.869. The van der Waals surface area contributed by atoms with Gasteiger partial charge < -0.3 is 13.9 Å². The lowest BCUT2D eigenvalue weighted by Gasteiger charge is -2.27. The van der Waals surface area contributed by atoms with Gasteiger partial charge in [0.2, 0.25) is 0 Å². The zero-order valence-corrected chi connectivity index (χ0v) is 29.9. The third kappa shape index (κ3) is 5.13. The van der Waals surface area contributed by atoms with Gasteiger partial charge in [-0.3, -0.25) is 0 Å². The van der Waals surface area contributed by atoms with E-state index in [-0.39, 0.29) is 0 Å². The molecule has 0 atom stereocenters. The van der Waals surface area contributed by atoms with Crippen LogP contribution in [-0.2, 0) is 0 Å². The van der Waals surface area contributed by atoms with Crippen molar-refractivity contribution in [2.45, 2.75) is 0 Å². The molecular weight excluding hydrogens is 669 g/mol.